The van der Waals surface area contributed by atoms with E-state index in [0.717, 1.165) is 51.3 Å². The van der Waals surface area contributed by atoms with Crippen molar-refractivity contribution in [1.82, 2.24) is 19.6 Å². The lowest BCUT2D eigenvalue weighted by atomic mass is 9.85. The second kappa shape index (κ2) is 5.91. The van der Waals surface area contributed by atoms with Crippen molar-refractivity contribution in [2.75, 3.05) is 19.6 Å². The Hall–Kier alpha value is -1.69. The number of carbonyl (C=O) groups excluding carboxylic acids is 1. The maximum absolute atomic E-state index is 13.5. The summed E-state index contributed by atoms with van der Waals surface area (Å²) >= 11 is 0. The van der Waals surface area contributed by atoms with Crippen LogP contribution in [0.4, 0.5) is 0 Å². The van der Waals surface area contributed by atoms with E-state index in [4.69, 9.17) is 4.99 Å². The van der Waals surface area contributed by atoms with Gasteiger partial charge in [0.1, 0.15) is 11.4 Å². The fourth-order valence-corrected chi connectivity index (χ4v) is 5.44. The predicted octanol–water partition coefficient (Wildman–Crippen LogP) is 2.06. The van der Waals surface area contributed by atoms with Crippen molar-refractivity contribution in [2.24, 2.45) is 29.8 Å². The minimum absolute atomic E-state index is 0.317. The molecular formula is C20H29N5O. The molecule has 140 valence electrons. The molecule has 4 aliphatic rings. The fourth-order valence-electron chi connectivity index (χ4n) is 5.44. The van der Waals surface area contributed by atoms with E-state index in [1.165, 1.54) is 18.4 Å². The summed E-state index contributed by atoms with van der Waals surface area (Å²) in [7, 11) is 1.96. The van der Waals surface area contributed by atoms with Gasteiger partial charge >= 0.3 is 0 Å². The summed E-state index contributed by atoms with van der Waals surface area (Å²) in [5.74, 6) is 3.08. The highest BCUT2D eigenvalue weighted by atomic mass is 16.2. The molecular weight excluding hydrogens is 326 g/mol. The minimum Gasteiger partial charge on any atom is -0.298 e. The van der Waals surface area contributed by atoms with Crippen LogP contribution in [0, 0.1) is 17.8 Å². The molecule has 0 bridgehead atoms. The zero-order valence-electron chi connectivity index (χ0n) is 15.9. The summed E-state index contributed by atoms with van der Waals surface area (Å²) in [6, 6.07) is 0. The first kappa shape index (κ1) is 16.5. The molecule has 5 rings (SSSR count). The van der Waals surface area contributed by atoms with Crippen LogP contribution in [0.5, 0.6) is 0 Å². The molecule has 1 aromatic rings. The van der Waals surface area contributed by atoms with Crippen LogP contribution in [0.1, 0.15) is 44.6 Å². The van der Waals surface area contributed by atoms with E-state index >= 15 is 0 Å². The maximum Gasteiger partial charge on any atom is 0.256 e. The second-order valence-electron chi connectivity index (χ2n) is 8.79. The third-order valence-corrected chi connectivity index (χ3v) is 6.90. The largest absolute Gasteiger partial charge is 0.298 e. The van der Waals surface area contributed by atoms with Gasteiger partial charge in [0.15, 0.2) is 0 Å². The molecule has 1 spiro atoms. The molecule has 6 nitrogen and oxygen atoms in total. The summed E-state index contributed by atoms with van der Waals surface area (Å²) in [5, 5.41) is 4.29. The van der Waals surface area contributed by atoms with E-state index < -0.39 is 5.54 Å². The molecule has 0 N–H and O–H groups in total. The van der Waals surface area contributed by atoms with E-state index in [1.807, 2.05) is 17.9 Å². The summed E-state index contributed by atoms with van der Waals surface area (Å²) < 4.78 is 1.86. The van der Waals surface area contributed by atoms with Gasteiger partial charge in [-0.3, -0.25) is 24.3 Å². The number of aliphatic imine (C=N–C) groups is 1. The van der Waals surface area contributed by atoms with E-state index in [2.05, 4.69) is 28.0 Å². The molecule has 2 saturated carbocycles. The lowest BCUT2D eigenvalue weighted by molar-refractivity contribution is -0.132. The highest BCUT2D eigenvalue weighted by Crippen LogP contribution is 2.51. The molecule has 1 aromatic heterocycles. The lowest BCUT2D eigenvalue weighted by Gasteiger charge is -2.28. The number of likely N-dealkylation sites (tertiary alicyclic amines) is 1. The Morgan fingerprint density at radius 2 is 2.12 bits per heavy atom. The molecule has 1 amide bonds. The Bertz CT molecular complexity index is 751. The Morgan fingerprint density at radius 1 is 1.27 bits per heavy atom. The van der Waals surface area contributed by atoms with Crippen LogP contribution >= 0.6 is 0 Å². The van der Waals surface area contributed by atoms with Gasteiger partial charge in [0.05, 0.1) is 6.20 Å². The van der Waals surface area contributed by atoms with Gasteiger partial charge in [0, 0.05) is 57.3 Å². The number of carbonyl (C=O) groups is 1. The van der Waals surface area contributed by atoms with Crippen molar-refractivity contribution >= 4 is 11.7 Å². The molecule has 2 aliphatic carbocycles. The van der Waals surface area contributed by atoms with Gasteiger partial charge in [-0.25, -0.2) is 0 Å². The number of fused-ring (bicyclic) bond motifs is 2. The number of hydrogen-bond donors (Lipinski definition) is 0. The third-order valence-electron chi connectivity index (χ3n) is 6.90. The van der Waals surface area contributed by atoms with Gasteiger partial charge in [-0.15, -0.1) is 0 Å². The lowest BCUT2D eigenvalue weighted by Crippen LogP contribution is -2.47. The minimum atomic E-state index is -0.450. The molecule has 6 heteroatoms. The summed E-state index contributed by atoms with van der Waals surface area (Å²) in [4.78, 5) is 23.1. The summed E-state index contributed by atoms with van der Waals surface area (Å²) in [5.41, 5.74) is 0.807. The van der Waals surface area contributed by atoms with Crippen molar-refractivity contribution in [3.8, 4) is 0 Å². The normalized spacial score (nSPS) is 34.2. The topological polar surface area (TPSA) is 53.7 Å². The molecule has 0 unspecified atom stereocenters. The first-order valence-corrected chi connectivity index (χ1v) is 10.2. The molecule has 3 heterocycles. The van der Waals surface area contributed by atoms with Crippen LogP contribution in [0.3, 0.4) is 0 Å². The molecule has 3 atom stereocenters. The smallest absolute Gasteiger partial charge is 0.256 e. The molecule has 2 aliphatic heterocycles. The van der Waals surface area contributed by atoms with Crippen LogP contribution in [0.15, 0.2) is 17.4 Å². The Kier molecular flexibility index (Phi) is 3.75. The molecule has 1 saturated heterocycles. The summed E-state index contributed by atoms with van der Waals surface area (Å²) in [6.07, 6.45) is 9.56. The molecule has 3 fully saturated rings. The first-order chi connectivity index (χ1) is 12.6. The quantitative estimate of drug-likeness (QED) is 0.812. The SMILES string of the molecule is CCC1=N[C@]2(CC[C@H]3CN(Cc4cnn(C)c4)C[C@H]32)C(=O)N1CC1CC1. The number of aryl methyl sites for hydroxylation is 1. The Labute approximate surface area is 155 Å². The van der Waals surface area contributed by atoms with Crippen LogP contribution in [-0.2, 0) is 18.4 Å². The first-order valence-electron chi connectivity index (χ1n) is 10.2. The van der Waals surface area contributed by atoms with Gasteiger partial charge in [-0.1, -0.05) is 6.92 Å². The van der Waals surface area contributed by atoms with Crippen molar-refractivity contribution in [3.63, 3.8) is 0 Å². The maximum atomic E-state index is 13.5. The average Bonchev–Trinajstić information content (AvgIpc) is 2.93. The van der Waals surface area contributed by atoms with Gasteiger partial charge in [-0.05, 0) is 37.5 Å². The van der Waals surface area contributed by atoms with Crippen molar-refractivity contribution in [2.45, 2.75) is 51.1 Å². The van der Waals surface area contributed by atoms with Gasteiger partial charge in [-0.2, -0.15) is 5.10 Å². The molecule has 0 radical (unpaired) electrons. The number of rotatable bonds is 5. The molecule has 26 heavy (non-hydrogen) atoms. The van der Waals surface area contributed by atoms with Crippen LogP contribution in [0.25, 0.3) is 0 Å². The fraction of sp³-hybridized carbons (Fsp3) is 0.750. The van der Waals surface area contributed by atoms with Crippen LogP contribution < -0.4 is 0 Å². The monoisotopic (exact) mass is 355 g/mol. The highest BCUT2D eigenvalue weighted by molar-refractivity contribution is 6.08. The number of amides is 1. The van der Waals surface area contributed by atoms with Crippen LogP contribution in [-0.4, -0.2) is 56.5 Å². The van der Waals surface area contributed by atoms with Crippen molar-refractivity contribution in [1.29, 1.82) is 0 Å². The summed E-state index contributed by atoms with van der Waals surface area (Å²) in [6.45, 7) is 6.06. The standard InChI is InChI=1S/C20H29N5O/c1-3-18-22-20(19(26)25(18)11-14-4-5-14)7-6-16-12-24(13-17(16)20)10-15-8-21-23(2)9-15/h8-9,14,16-17H,3-7,10-13H2,1-2H3/t16-,17+,20-/m0/s1. The van der Waals surface area contributed by atoms with Gasteiger partial charge in [0.25, 0.3) is 5.91 Å². The van der Waals surface area contributed by atoms with Crippen molar-refractivity contribution in [3.05, 3.63) is 18.0 Å². The van der Waals surface area contributed by atoms with Crippen molar-refractivity contribution < 1.29 is 4.79 Å². The number of aromatic nitrogens is 2. The second-order valence-corrected chi connectivity index (χ2v) is 8.79. The Balaban J connectivity index is 1.35. The highest BCUT2D eigenvalue weighted by Gasteiger charge is 2.61. The third kappa shape index (κ3) is 2.53. The molecule has 0 aromatic carbocycles. The van der Waals surface area contributed by atoms with Crippen LogP contribution in [0.2, 0.25) is 0 Å². The Morgan fingerprint density at radius 3 is 2.81 bits per heavy atom. The van der Waals surface area contributed by atoms with E-state index in [-0.39, 0.29) is 0 Å². The number of nitrogens with zero attached hydrogens (tertiary/aromatic N) is 5. The van der Waals surface area contributed by atoms with E-state index in [0.29, 0.717) is 23.7 Å². The number of hydrogen-bond acceptors (Lipinski definition) is 4. The number of amidine groups is 1. The van der Waals surface area contributed by atoms with E-state index in [1.54, 1.807) is 0 Å². The predicted molar refractivity (Wildman–Crippen MR) is 99.6 cm³/mol. The van der Waals surface area contributed by atoms with E-state index in [9.17, 15) is 4.79 Å². The average molecular weight is 355 g/mol. The zero-order chi connectivity index (χ0) is 17.9. The van der Waals surface area contributed by atoms with Gasteiger partial charge in [0.2, 0.25) is 0 Å². The van der Waals surface area contributed by atoms with Gasteiger partial charge < -0.3 is 0 Å². The zero-order valence-corrected chi connectivity index (χ0v) is 15.9.